The molecular formula is C39H55N3Si. The molecule has 1 aliphatic rings. The summed E-state index contributed by atoms with van der Waals surface area (Å²) >= 11 is 0. The van der Waals surface area contributed by atoms with Crippen LogP contribution in [0.4, 0.5) is 17.1 Å². The predicted molar refractivity (Wildman–Crippen MR) is 196 cm³/mol. The van der Waals surface area contributed by atoms with Crippen LogP contribution in [0.3, 0.4) is 0 Å². The first-order valence-electron chi connectivity index (χ1n) is 15.7. The number of hydrogen-bond acceptors (Lipinski definition) is 3. The molecule has 0 amide bonds. The minimum absolute atomic E-state index is 0.282. The number of rotatable bonds is 7. The fourth-order valence-electron chi connectivity index (χ4n) is 8.42. The van der Waals surface area contributed by atoms with E-state index in [2.05, 4.69) is 163 Å². The molecule has 0 fully saturated rings. The molecular weight excluding hydrogens is 539 g/mol. The first kappa shape index (κ1) is 32.7. The van der Waals surface area contributed by atoms with Crippen LogP contribution in [-0.4, -0.2) is 50.4 Å². The molecule has 3 aromatic carbocycles. The molecule has 0 atom stereocenters. The van der Waals surface area contributed by atoms with Crippen LogP contribution in [0.2, 0.25) is 5.54 Å². The molecule has 43 heavy (non-hydrogen) atoms. The van der Waals surface area contributed by atoms with Crippen molar-refractivity contribution in [2.75, 3.05) is 57.0 Å². The van der Waals surface area contributed by atoms with Crippen LogP contribution in [0, 0.1) is 41.5 Å². The van der Waals surface area contributed by atoms with Gasteiger partial charge in [-0.2, -0.15) is 0 Å². The molecule has 3 nitrogen and oxygen atoms in total. The Hall–Kier alpha value is -3.24. The van der Waals surface area contributed by atoms with E-state index in [1.165, 1.54) is 72.7 Å². The van der Waals surface area contributed by atoms with E-state index >= 15 is 0 Å². The van der Waals surface area contributed by atoms with Gasteiger partial charge in [0.1, 0.15) is 0 Å². The summed E-state index contributed by atoms with van der Waals surface area (Å²) in [7, 11) is 10.5. The fourth-order valence-corrected chi connectivity index (χ4v) is 16.3. The van der Waals surface area contributed by atoms with Crippen molar-refractivity contribution in [2.45, 2.75) is 74.8 Å². The Labute approximate surface area is 263 Å². The van der Waals surface area contributed by atoms with Crippen LogP contribution in [0.1, 0.15) is 61.1 Å². The predicted octanol–water partition coefficient (Wildman–Crippen LogP) is 7.26. The SMILES string of the molecule is CC1=C(C)C([Si](c2c(C)ccc(C)c2N(C)C)(c2c(C)ccc(C)c2N(C)C)c2c(C)ccc(C)c2N(C)C)C(C)=C1C. The Morgan fingerprint density at radius 2 is 0.628 bits per heavy atom. The van der Waals surface area contributed by atoms with E-state index < -0.39 is 8.07 Å². The Morgan fingerprint density at radius 3 is 0.860 bits per heavy atom. The topological polar surface area (TPSA) is 9.72 Å². The van der Waals surface area contributed by atoms with Gasteiger partial charge in [0.15, 0.2) is 8.07 Å². The molecule has 0 aromatic heterocycles. The van der Waals surface area contributed by atoms with E-state index in [0.717, 1.165) is 0 Å². The Kier molecular flexibility index (Phi) is 8.88. The zero-order valence-electron chi connectivity index (χ0n) is 29.9. The summed E-state index contributed by atoms with van der Waals surface area (Å²) in [5, 5.41) is 4.66. The monoisotopic (exact) mass is 593 g/mol. The highest BCUT2D eigenvalue weighted by Crippen LogP contribution is 2.49. The van der Waals surface area contributed by atoms with Crippen LogP contribution < -0.4 is 30.3 Å². The van der Waals surface area contributed by atoms with Crippen LogP contribution in [-0.2, 0) is 0 Å². The molecule has 3 aromatic rings. The van der Waals surface area contributed by atoms with E-state index in [-0.39, 0.29) is 5.54 Å². The maximum Gasteiger partial charge on any atom is 0.168 e. The van der Waals surface area contributed by atoms with Crippen molar-refractivity contribution in [3.05, 3.63) is 92.1 Å². The van der Waals surface area contributed by atoms with Crippen molar-refractivity contribution in [1.29, 1.82) is 0 Å². The molecule has 0 bridgehead atoms. The van der Waals surface area contributed by atoms with Gasteiger partial charge in [0.25, 0.3) is 0 Å². The van der Waals surface area contributed by atoms with Crippen molar-refractivity contribution in [3.63, 3.8) is 0 Å². The van der Waals surface area contributed by atoms with Gasteiger partial charge in [0.05, 0.1) is 0 Å². The summed E-state index contributed by atoms with van der Waals surface area (Å²) in [5.74, 6) is 0. The molecule has 230 valence electrons. The molecule has 4 heteroatoms. The zero-order valence-corrected chi connectivity index (χ0v) is 30.9. The van der Waals surface area contributed by atoms with E-state index in [9.17, 15) is 0 Å². The van der Waals surface area contributed by atoms with E-state index in [1.54, 1.807) is 15.6 Å². The van der Waals surface area contributed by atoms with Gasteiger partial charge in [0.2, 0.25) is 0 Å². The Balaban J connectivity index is 2.58. The molecule has 1 aliphatic carbocycles. The van der Waals surface area contributed by atoms with Crippen LogP contribution >= 0.6 is 0 Å². The number of aryl methyl sites for hydroxylation is 6. The molecule has 0 radical (unpaired) electrons. The standard InChI is InChI=1S/C39H55N3Si/c1-23-17-20-26(4)36(33(23)40(11)12)43(39-31(9)29(7)30(8)32(39)10,37-27(5)21-18-24(2)34(37)41(13)14)38-28(6)22-19-25(3)35(38)42(15)16/h17-22,39H,1-16H3. The zero-order chi connectivity index (χ0) is 32.3. The van der Waals surface area contributed by atoms with Gasteiger partial charge >= 0.3 is 0 Å². The first-order valence-corrected chi connectivity index (χ1v) is 17.8. The van der Waals surface area contributed by atoms with E-state index in [1.807, 2.05) is 0 Å². The second kappa shape index (κ2) is 11.7. The number of allylic oxidation sites excluding steroid dienone is 4. The average molecular weight is 594 g/mol. The van der Waals surface area contributed by atoms with Gasteiger partial charge in [-0.1, -0.05) is 47.5 Å². The smallest absolute Gasteiger partial charge is 0.168 e. The van der Waals surface area contributed by atoms with Gasteiger partial charge < -0.3 is 14.7 Å². The fraction of sp³-hybridized carbons (Fsp3) is 0.436. The van der Waals surface area contributed by atoms with Gasteiger partial charge in [-0.3, -0.25) is 0 Å². The molecule has 0 heterocycles. The molecule has 0 spiro atoms. The highest BCUT2D eigenvalue weighted by atomic mass is 28.3. The van der Waals surface area contributed by atoms with Crippen molar-refractivity contribution < 1.29 is 0 Å². The summed E-state index contributed by atoms with van der Waals surface area (Å²) in [4.78, 5) is 7.19. The van der Waals surface area contributed by atoms with Gasteiger partial charge in [-0.25, -0.2) is 0 Å². The average Bonchev–Trinajstić information content (AvgIpc) is 3.11. The van der Waals surface area contributed by atoms with Gasteiger partial charge in [0, 0.05) is 64.9 Å². The molecule has 0 aliphatic heterocycles. The first-order chi connectivity index (χ1) is 20.0. The molecule has 0 N–H and O–H groups in total. The Morgan fingerprint density at radius 1 is 0.395 bits per heavy atom. The minimum Gasteiger partial charge on any atom is -0.378 e. The number of benzene rings is 3. The third-order valence-corrected chi connectivity index (χ3v) is 16.3. The largest absolute Gasteiger partial charge is 0.378 e. The number of anilines is 3. The van der Waals surface area contributed by atoms with Crippen LogP contribution in [0.15, 0.2) is 58.7 Å². The molecule has 0 unspecified atom stereocenters. The summed E-state index contributed by atoms with van der Waals surface area (Å²) in [6, 6.07) is 14.2. The lowest BCUT2D eigenvalue weighted by Gasteiger charge is -2.48. The lowest BCUT2D eigenvalue weighted by Crippen LogP contribution is -2.73. The molecule has 0 saturated heterocycles. The summed E-state index contributed by atoms with van der Waals surface area (Å²) < 4.78 is 0. The quantitative estimate of drug-likeness (QED) is 0.211. The van der Waals surface area contributed by atoms with E-state index in [4.69, 9.17) is 0 Å². The summed E-state index contributed by atoms with van der Waals surface area (Å²) in [6.45, 7) is 23.6. The van der Waals surface area contributed by atoms with Crippen molar-refractivity contribution in [1.82, 2.24) is 0 Å². The Bertz CT molecular complexity index is 1470. The third kappa shape index (κ3) is 4.86. The third-order valence-electron chi connectivity index (χ3n) is 10.3. The van der Waals surface area contributed by atoms with Crippen molar-refractivity contribution >= 4 is 40.7 Å². The number of nitrogens with zero attached hydrogens (tertiary/aromatic N) is 3. The van der Waals surface area contributed by atoms with Crippen LogP contribution in [0.5, 0.6) is 0 Å². The van der Waals surface area contributed by atoms with Gasteiger partial charge in [-0.15, -0.1) is 0 Å². The second-order valence-electron chi connectivity index (χ2n) is 13.8. The molecule has 0 saturated carbocycles. The van der Waals surface area contributed by atoms with Crippen molar-refractivity contribution in [2.24, 2.45) is 0 Å². The second-order valence-corrected chi connectivity index (χ2v) is 17.5. The maximum atomic E-state index is 2.43. The van der Waals surface area contributed by atoms with Gasteiger partial charge in [-0.05, 0) is 129 Å². The van der Waals surface area contributed by atoms with E-state index in [0.29, 0.717) is 0 Å². The normalized spacial score (nSPS) is 14.2. The minimum atomic E-state index is -2.99. The number of hydrogen-bond donors (Lipinski definition) is 0. The summed E-state index contributed by atoms with van der Waals surface area (Å²) in [6.07, 6.45) is 0. The highest BCUT2D eigenvalue weighted by Gasteiger charge is 2.56. The summed E-state index contributed by atoms with van der Waals surface area (Å²) in [5.41, 5.74) is 18.6. The highest BCUT2D eigenvalue weighted by molar-refractivity contribution is 7.15. The van der Waals surface area contributed by atoms with Crippen LogP contribution in [0.25, 0.3) is 0 Å². The molecule has 4 rings (SSSR count). The maximum absolute atomic E-state index is 2.99. The lowest BCUT2D eigenvalue weighted by atomic mass is 10.1. The van der Waals surface area contributed by atoms with Crippen molar-refractivity contribution in [3.8, 4) is 0 Å². The lowest BCUT2D eigenvalue weighted by molar-refractivity contribution is 1.06.